The van der Waals surface area contributed by atoms with Crippen LogP contribution in [-0.4, -0.2) is 34.1 Å². The van der Waals surface area contributed by atoms with Crippen LogP contribution < -0.4 is 10.5 Å². The summed E-state index contributed by atoms with van der Waals surface area (Å²) in [7, 11) is 0. The van der Waals surface area contributed by atoms with E-state index in [1.54, 1.807) is 4.90 Å². The van der Waals surface area contributed by atoms with Crippen LogP contribution in [0.25, 0.3) is 11.4 Å². The Kier molecular flexibility index (Phi) is 6.83. The monoisotopic (exact) mass is 513 g/mol. The second-order valence-electron chi connectivity index (χ2n) is 8.32. The summed E-state index contributed by atoms with van der Waals surface area (Å²) in [5.74, 6) is -0.574. The first-order valence-corrected chi connectivity index (χ1v) is 10.8. The summed E-state index contributed by atoms with van der Waals surface area (Å²) < 4.78 is 90.0. The molecule has 0 aliphatic carbocycles. The van der Waals surface area contributed by atoms with Crippen molar-refractivity contribution in [3.05, 3.63) is 65.0 Å². The lowest BCUT2D eigenvalue weighted by Gasteiger charge is -2.30. The Morgan fingerprint density at radius 1 is 1.08 bits per heavy atom. The zero-order valence-corrected chi connectivity index (χ0v) is 18.7. The van der Waals surface area contributed by atoms with Gasteiger partial charge in [-0.05, 0) is 48.7 Å². The van der Waals surface area contributed by atoms with Gasteiger partial charge in [-0.3, -0.25) is 5.41 Å². The topological polar surface area (TPSA) is 101 Å². The van der Waals surface area contributed by atoms with E-state index < -0.39 is 29.2 Å². The fourth-order valence-corrected chi connectivity index (χ4v) is 3.88. The van der Waals surface area contributed by atoms with Crippen molar-refractivity contribution >= 4 is 5.96 Å². The first-order chi connectivity index (χ1) is 16.9. The predicted molar refractivity (Wildman–Crippen MR) is 116 cm³/mol. The summed E-state index contributed by atoms with van der Waals surface area (Å²) in [6, 6.07) is 7.24. The molecule has 1 fully saturated rings. The van der Waals surface area contributed by atoms with E-state index in [-0.39, 0.29) is 41.3 Å². The van der Waals surface area contributed by atoms with Gasteiger partial charge < -0.3 is 19.9 Å². The smallest absolute Gasteiger partial charge is 0.419 e. The Morgan fingerprint density at radius 2 is 1.81 bits per heavy atom. The third kappa shape index (κ3) is 5.71. The minimum Gasteiger partial charge on any atom is -0.488 e. The Bertz CT molecular complexity index is 1220. The number of likely N-dealkylation sites (tertiary alicyclic amines) is 1. The van der Waals surface area contributed by atoms with Gasteiger partial charge in [-0.2, -0.15) is 31.3 Å². The average molecular weight is 513 g/mol. The van der Waals surface area contributed by atoms with Crippen LogP contribution >= 0.6 is 0 Å². The molecule has 2 aromatic carbocycles. The normalized spacial score (nSPS) is 16.7. The summed E-state index contributed by atoms with van der Waals surface area (Å²) in [5, 5.41) is 11.4. The lowest BCUT2D eigenvalue weighted by atomic mass is 9.98. The molecule has 7 nitrogen and oxygen atoms in total. The number of alkyl halides is 6. The van der Waals surface area contributed by atoms with Gasteiger partial charge in [0, 0.05) is 18.7 Å². The molecule has 0 spiro atoms. The first-order valence-electron chi connectivity index (χ1n) is 10.8. The van der Waals surface area contributed by atoms with Gasteiger partial charge in [0.1, 0.15) is 12.4 Å². The van der Waals surface area contributed by atoms with Gasteiger partial charge in [-0.15, -0.1) is 0 Å². The minimum absolute atomic E-state index is 0.0373. The third-order valence-electron chi connectivity index (χ3n) is 5.77. The van der Waals surface area contributed by atoms with E-state index in [1.165, 1.54) is 6.07 Å². The number of ether oxygens (including phenoxy) is 1. The first kappa shape index (κ1) is 25.3. The number of halogens is 6. The van der Waals surface area contributed by atoms with Crippen molar-refractivity contribution in [1.82, 2.24) is 15.0 Å². The molecule has 0 unspecified atom stereocenters. The average Bonchev–Trinajstić information content (AvgIpc) is 3.32. The number of hydrogen-bond donors (Lipinski definition) is 2. The van der Waals surface area contributed by atoms with Gasteiger partial charge in [0.05, 0.1) is 17.0 Å². The lowest BCUT2D eigenvalue weighted by Crippen LogP contribution is -2.42. The van der Waals surface area contributed by atoms with Crippen molar-refractivity contribution in [1.29, 1.82) is 5.41 Å². The summed E-state index contributed by atoms with van der Waals surface area (Å²) in [5.41, 5.74) is 3.92. The Hall–Kier alpha value is -3.77. The standard InChI is InChI=1S/C23H21F6N5O2/c24-22(25,26)16-6-3-13(4-7-16)12-35-18-8-5-14(10-17(18)23(27,28)29)19-32-20(36-33-19)15-2-1-9-34(11-15)21(30)31/h3-8,10,15H,1-2,9,11-12H2,(H3,30,31)/t15-/m1/s1. The van der Waals surface area contributed by atoms with Gasteiger partial charge in [0.2, 0.25) is 11.7 Å². The second kappa shape index (κ2) is 9.70. The van der Waals surface area contributed by atoms with E-state index >= 15 is 0 Å². The Morgan fingerprint density at radius 3 is 2.44 bits per heavy atom. The maximum absolute atomic E-state index is 13.8. The molecule has 1 aliphatic heterocycles. The molecule has 13 heteroatoms. The molecule has 36 heavy (non-hydrogen) atoms. The van der Waals surface area contributed by atoms with Gasteiger partial charge in [0.15, 0.2) is 5.96 Å². The Labute approximate surface area is 201 Å². The number of aromatic nitrogens is 2. The van der Waals surface area contributed by atoms with E-state index in [2.05, 4.69) is 10.1 Å². The summed E-state index contributed by atoms with van der Waals surface area (Å²) in [6.07, 6.45) is -7.85. The molecule has 0 amide bonds. The van der Waals surface area contributed by atoms with E-state index in [1.807, 2.05) is 0 Å². The molecular weight excluding hydrogens is 492 g/mol. The highest BCUT2D eigenvalue weighted by atomic mass is 19.4. The van der Waals surface area contributed by atoms with Crippen LogP contribution in [-0.2, 0) is 19.0 Å². The summed E-state index contributed by atoms with van der Waals surface area (Å²) in [6.45, 7) is 0.651. The van der Waals surface area contributed by atoms with Crippen LogP contribution in [0.4, 0.5) is 26.3 Å². The molecule has 3 N–H and O–H groups in total. The van der Waals surface area contributed by atoms with Gasteiger partial charge in [-0.25, -0.2) is 0 Å². The van der Waals surface area contributed by atoms with Gasteiger partial charge in [0.25, 0.3) is 0 Å². The van der Waals surface area contributed by atoms with Crippen molar-refractivity contribution in [2.24, 2.45) is 5.73 Å². The van der Waals surface area contributed by atoms with Crippen molar-refractivity contribution in [2.75, 3.05) is 13.1 Å². The highest BCUT2D eigenvalue weighted by Crippen LogP contribution is 2.39. The maximum Gasteiger partial charge on any atom is 0.419 e. The zero-order chi connectivity index (χ0) is 26.1. The quantitative estimate of drug-likeness (QED) is 0.268. The van der Waals surface area contributed by atoms with Crippen LogP contribution in [0.2, 0.25) is 0 Å². The number of hydrogen-bond acceptors (Lipinski definition) is 5. The van der Waals surface area contributed by atoms with Crippen molar-refractivity contribution in [3.63, 3.8) is 0 Å². The van der Waals surface area contributed by atoms with E-state index in [4.69, 9.17) is 20.4 Å². The van der Waals surface area contributed by atoms with Crippen molar-refractivity contribution in [3.8, 4) is 17.1 Å². The van der Waals surface area contributed by atoms with Crippen LogP contribution in [0.3, 0.4) is 0 Å². The molecule has 1 saturated heterocycles. The molecule has 1 atom stereocenters. The number of piperidine rings is 1. The SMILES string of the molecule is N=C(N)N1CCC[C@@H](c2nc(-c3ccc(OCc4ccc(C(F)(F)F)cc4)c(C(F)(F)F)c3)no2)C1. The van der Waals surface area contributed by atoms with Crippen LogP contribution in [0.5, 0.6) is 5.75 Å². The number of nitrogens with zero attached hydrogens (tertiary/aromatic N) is 3. The van der Waals surface area contributed by atoms with E-state index in [9.17, 15) is 26.3 Å². The predicted octanol–water partition coefficient (Wildman–Crippen LogP) is 5.43. The zero-order valence-electron chi connectivity index (χ0n) is 18.7. The number of benzene rings is 2. The molecule has 0 saturated carbocycles. The molecule has 2 heterocycles. The fourth-order valence-electron chi connectivity index (χ4n) is 3.88. The second-order valence-corrected chi connectivity index (χ2v) is 8.32. The van der Waals surface area contributed by atoms with Gasteiger partial charge in [-0.1, -0.05) is 17.3 Å². The van der Waals surface area contributed by atoms with E-state index in [0.29, 0.717) is 19.5 Å². The molecule has 1 aromatic heterocycles. The maximum atomic E-state index is 13.8. The number of rotatable bonds is 5. The molecule has 4 rings (SSSR count). The molecule has 192 valence electrons. The minimum atomic E-state index is -4.77. The largest absolute Gasteiger partial charge is 0.488 e. The highest BCUT2D eigenvalue weighted by molar-refractivity contribution is 5.74. The van der Waals surface area contributed by atoms with Crippen LogP contribution in [0.15, 0.2) is 47.0 Å². The fraction of sp³-hybridized carbons (Fsp3) is 0.348. The summed E-state index contributed by atoms with van der Waals surface area (Å²) in [4.78, 5) is 5.91. The van der Waals surface area contributed by atoms with Crippen LogP contribution in [0, 0.1) is 5.41 Å². The summed E-state index contributed by atoms with van der Waals surface area (Å²) >= 11 is 0. The van der Waals surface area contributed by atoms with E-state index in [0.717, 1.165) is 42.8 Å². The number of guanidine groups is 1. The number of nitrogens with two attached hydrogens (primary N) is 1. The highest BCUT2D eigenvalue weighted by Gasteiger charge is 2.36. The van der Waals surface area contributed by atoms with Crippen molar-refractivity contribution < 1.29 is 35.6 Å². The van der Waals surface area contributed by atoms with Crippen molar-refractivity contribution in [2.45, 2.75) is 37.7 Å². The molecular formula is C23H21F6N5O2. The lowest BCUT2D eigenvalue weighted by molar-refractivity contribution is -0.139. The van der Waals surface area contributed by atoms with Crippen LogP contribution in [0.1, 0.15) is 41.3 Å². The molecule has 0 bridgehead atoms. The molecule has 3 aromatic rings. The van der Waals surface area contributed by atoms with Gasteiger partial charge >= 0.3 is 12.4 Å². The number of nitrogens with one attached hydrogen (secondary N) is 1. The Balaban J connectivity index is 1.52. The molecule has 0 radical (unpaired) electrons. The third-order valence-corrected chi connectivity index (χ3v) is 5.77. The molecule has 1 aliphatic rings.